The number of nitrogens with two attached hydrogens (primary N) is 1. The molecule has 2 N–H and O–H groups in total. The monoisotopic (exact) mass is 277 g/mol. The van der Waals surface area contributed by atoms with Crippen molar-refractivity contribution in [3.05, 3.63) is 11.7 Å². The first-order valence-corrected chi connectivity index (χ1v) is 8.38. The lowest BCUT2D eigenvalue weighted by molar-refractivity contribution is 0.255. The van der Waals surface area contributed by atoms with Gasteiger partial charge in [0.05, 0.1) is 5.41 Å². The Kier molecular flexibility index (Phi) is 4.39. The van der Waals surface area contributed by atoms with Crippen molar-refractivity contribution in [1.82, 2.24) is 10.1 Å². The molecule has 1 aromatic rings. The van der Waals surface area contributed by atoms with Crippen molar-refractivity contribution in [3.63, 3.8) is 0 Å². The third kappa shape index (κ3) is 2.76. The van der Waals surface area contributed by atoms with Gasteiger partial charge in [-0.15, -0.1) is 0 Å². The molecule has 112 valence electrons. The molecule has 0 atom stereocenters. The lowest BCUT2D eigenvalue weighted by Crippen LogP contribution is -2.35. The molecule has 2 fully saturated rings. The van der Waals surface area contributed by atoms with Crippen LogP contribution in [0.3, 0.4) is 0 Å². The normalized spacial score (nSPS) is 24.4. The van der Waals surface area contributed by atoms with Crippen molar-refractivity contribution in [2.75, 3.05) is 6.54 Å². The van der Waals surface area contributed by atoms with Gasteiger partial charge in [-0.3, -0.25) is 0 Å². The molecule has 20 heavy (non-hydrogen) atoms. The molecular weight excluding hydrogens is 250 g/mol. The molecule has 0 radical (unpaired) electrons. The smallest absolute Gasteiger partial charge is 0.234 e. The molecule has 2 aliphatic rings. The number of aromatic nitrogens is 2. The maximum Gasteiger partial charge on any atom is 0.234 e. The SMILES string of the molecule is NCC1(c2nc(C3CCCCC3)no2)CCCCCC1. The van der Waals surface area contributed by atoms with Crippen LogP contribution in [0.25, 0.3) is 0 Å². The second-order valence-electron chi connectivity index (χ2n) is 6.69. The molecule has 0 unspecified atom stereocenters. The Morgan fingerprint density at radius 3 is 2.30 bits per heavy atom. The molecule has 3 rings (SSSR count). The van der Waals surface area contributed by atoms with Crippen molar-refractivity contribution in [1.29, 1.82) is 0 Å². The Labute approximate surface area is 121 Å². The summed E-state index contributed by atoms with van der Waals surface area (Å²) in [4.78, 5) is 4.78. The van der Waals surface area contributed by atoms with Gasteiger partial charge in [-0.05, 0) is 25.7 Å². The summed E-state index contributed by atoms with van der Waals surface area (Å²) in [5.74, 6) is 2.28. The van der Waals surface area contributed by atoms with Crippen LogP contribution in [0.1, 0.15) is 88.3 Å². The summed E-state index contributed by atoms with van der Waals surface area (Å²) in [7, 11) is 0. The zero-order valence-corrected chi connectivity index (χ0v) is 12.4. The van der Waals surface area contributed by atoms with E-state index in [2.05, 4.69) is 5.16 Å². The van der Waals surface area contributed by atoms with Crippen LogP contribution in [0.5, 0.6) is 0 Å². The predicted octanol–water partition coefficient (Wildman–Crippen LogP) is 3.67. The highest BCUT2D eigenvalue weighted by molar-refractivity contribution is 5.09. The quantitative estimate of drug-likeness (QED) is 0.856. The van der Waals surface area contributed by atoms with Crippen molar-refractivity contribution in [2.45, 2.75) is 82.0 Å². The highest BCUT2D eigenvalue weighted by Crippen LogP contribution is 2.38. The first-order valence-electron chi connectivity index (χ1n) is 8.38. The minimum absolute atomic E-state index is 0.0452. The van der Waals surface area contributed by atoms with Gasteiger partial charge in [0.15, 0.2) is 5.82 Å². The molecule has 4 heteroatoms. The third-order valence-corrected chi connectivity index (χ3v) is 5.32. The second-order valence-corrected chi connectivity index (χ2v) is 6.69. The molecule has 2 aliphatic carbocycles. The number of rotatable bonds is 3. The number of hydrogen-bond donors (Lipinski definition) is 1. The van der Waals surface area contributed by atoms with E-state index in [1.807, 2.05) is 0 Å². The summed E-state index contributed by atoms with van der Waals surface area (Å²) >= 11 is 0. The maximum atomic E-state index is 6.10. The minimum atomic E-state index is -0.0452. The molecule has 0 aliphatic heterocycles. The molecule has 4 nitrogen and oxygen atoms in total. The molecule has 1 heterocycles. The van der Waals surface area contributed by atoms with Crippen LogP contribution in [-0.4, -0.2) is 16.7 Å². The Morgan fingerprint density at radius 1 is 1.00 bits per heavy atom. The Bertz CT molecular complexity index is 415. The van der Waals surface area contributed by atoms with E-state index in [1.54, 1.807) is 0 Å². The molecule has 1 aromatic heterocycles. The number of hydrogen-bond acceptors (Lipinski definition) is 4. The Morgan fingerprint density at radius 2 is 1.65 bits per heavy atom. The van der Waals surface area contributed by atoms with Gasteiger partial charge in [-0.1, -0.05) is 50.1 Å². The van der Waals surface area contributed by atoms with Gasteiger partial charge in [0.1, 0.15) is 0 Å². The van der Waals surface area contributed by atoms with Crippen molar-refractivity contribution in [3.8, 4) is 0 Å². The molecule has 0 bridgehead atoms. The van der Waals surface area contributed by atoms with Crippen LogP contribution in [0, 0.1) is 0 Å². The van der Waals surface area contributed by atoms with Gasteiger partial charge >= 0.3 is 0 Å². The summed E-state index contributed by atoms with van der Waals surface area (Å²) in [5.41, 5.74) is 6.05. The van der Waals surface area contributed by atoms with E-state index in [4.69, 9.17) is 15.2 Å². The first kappa shape index (κ1) is 14.1. The first-order chi connectivity index (χ1) is 9.84. The second kappa shape index (κ2) is 6.25. The topological polar surface area (TPSA) is 64.9 Å². The van der Waals surface area contributed by atoms with Gasteiger partial charge < -0.3 is 10.3 Å². The summed E-state index contributed by atoms with van der Waals surface area (Å²) in [5, 5.41) is 4.30. The van der Waals surface area contributed by atoms with Crippen LogP contribution in [-0.2, 0) is 5.41 Å². The molecular formula is C16H27N3O. The van der Waals surface area contributed by atoms with E-state index < -0.39 is 0 Å². The maximum absolute atomic E-state index is 6.10. The highest BCUT2D eigenvalue weighted by Gasteiger charge is 2.37. The largest absolute Gasteiger partial charge is 0.339 e. The standard InChI is InChI=1S/C16H27N3O/c17-12-16(10-6-1-2-7-11-16)15-18-14(19-20-15)13-8-4-3-5-9-13/h13H,1-12,17H2. The van der Waals surface area contributed by atoms with Gasteiger partial charge in [-0.2, -0.15) is 4.98 Å². The fourth-order valence-corrected chi connectivity index (χ4v) is 3.89. The predicted molar refractivity (Wildman–Crippen MR) is 78.6 cm³/mol. The molecule has 0 spiro atoms. The molecule has 0 saturated heterocycles. The van der Waals surface area contributed by atoms with Crippen LogP contribution in [0.2, 0.25) is 0 Å². The van der Waals surface area contributed by atoms with E-state index in [9.17, 15) is 0 Å². The fourth-order valence-electron chi connectivity index (χ4n) is 3.89. The van der Waals surface area contributed by atoms with E-state index in [-0.39, 0.29) is 5.41 Å². The average molecular weight is 277 g/mol. The molecule has 0 aromatic carbocycles. The summed E-state index contributed by atoms with van der Waals surface area (Å²) in [6.07, 6.45) is 13.7. The summed E-state index contributed by atoms with van der Waals surface area (Å²) < 4.78 is 5.67. The Balaban J connectivity index is 1.79. The van der Waals surface area contributed by atoms with Crippen LogP contribution < -0.4 is 5.73 Å². The average Bonchev–Trinajstić information content (AvgIpc) is 2.88. The van der Waals surface area contributed by atoms with Crippen LogP contribution in [0.15, 0.2) is 4.52 Å². The molecule has 2 saturated carbocycles. The zero-order chi connectivity index (χ0) is 13.8. The van der Waals surface area contributed by atoms with Gasteiger partial charge in [0.2, 0.25) is 5.89 Å². The minimum Gasteiger partial charge on any atom is -0.339 e. The lowest BCUT2D eigenvalue weighted by atomic mass is 9.80. The van der Waals surface area contributed by atoms with Gasteiger partial charge in [0.25, 0.3) is 0 Å². The number of nitrogens with zero attached hydrogens (tertiary/aromatic N) is 2. The summed E-state index contributed by atoms with van der Waals surface area (Å²) in [6, 6.07) is 0. The van der Waals surface area contributed by atoms with E-state index in [1.165, 1.54) is 57.8 Å². The van der Waals surface area contributed by atoms with E-state index in [0.29, 0.717) is 12.5 Å². The van der Waals surface area contributed by atoms with E-state index in [0.717, 1.165) is 24.6 Å². The van der Waals surface area contributed by atoms with E-state index >= 15 is 0 Å². The van der Waals surface area contributed by atoms with Crippen LogP contribution in [0.4, 0.5) is 0 Å². The third-order valence-electron chi connectivity index (χ3n) is 5.32. The lowest BCUT2D eigenvalue weighted by Gasteiger charge is -2.26. The fraction of sp³-hybridized carbons (Fsp3) is 0.875. The zero-order valence-electron chi connectivity index (χ0n) is 12.4. The van der Waals surface area contributed by atoms with Crippen molar-refractivity contribution < 1.29 is 4.52 Å². The van der Waals surface area contributed by atoms with Gasteiger partial charge in [-0.25, -0.2) is 0 Å². The Hall–Kier alpha value is -0.900. The van der Waals surface area contributed by atoms with Gasteiger partial charge in [0, 0.05) is 12.5 Å². The van der Waals surface area contributed by atoms with Crippen molar-refractivity contribution >= 4 is 0 Å². The van der Waals surface area contributed by atoms with Crippen LogP contribution >= 0.6 is 0 Å². The molecule has 0 amide bonds. The summed E-state index contributed by atoms with van der Waals surface area (Å²) in [6.45, 7) is 0.638. The van der Waals surface area contributed by atoms with Crippen molar-refractivity contribution in [2.24, 2.45) is 5.73 Å². The highest BCUT2D eigenvalue weighted by atomic mass is 16.5.